The molecule has 0 aromatic heterocycles. The fourth-order valence-corrected chi connectivity index (χ4v) is 2.19. The van der Waals surface area contributed by atoms with Gasteiger partial charge in [0.15, 0.2) is 0 Å². The second-order valence-electron chi connectivity index (χ2n) is 4.77. The summed E-state index contributed by atoms with van der Waals surface area (Å²) in [5.41, 5.74) is 0. The van der Waals surface area contributed by atoms with Crippen LogP contribution >= 0.6 is 0 Å². The van der Waals surface area contributed by atoms with Crippen molar-refractivity contribution in [3.05, 3.63) is 0 Å². The average molecular weight is 213 g/mol. The van der Waals surface area contributed by atoms with Crippen molar-refractivity contribution in [2.24, 2.45) is 0 Å². The van der Waals surface area contributed by atoms with Crippen molar-refractivity contribution in [2.45, 2.75) is 70.9 Å². The van der Waals surface area contributed by atoms with E-state index < -0.39 is 0 Å². The van der Waals surface area contributed by atoms with Crippen molar-refractivity contribution in [3.8, 4) is 0 Å². The molecule has 0 aromatic carbocycles. The molecule has 0 radical (unpaired) electrons. The third-order valence-corrected chi connectivity index (χ3v) is 3.18. The minimum Gasteiger partial charge on any atom is -0.378 e. The highest BCUT2D eigenvalue weighted by atomic mass is 16.5. The van der Waals surface area contributed by atoms with Gasteiger partial charge in [0.1, 0.15) is 0 Å². The number of hydrogen-bond donors (Lipinski definition) is 1. The van der Waals surface area contributed by atoms with Gasteiger partial charge in [0.05, 0.1) is 6.10 Å². The lowest BCUT2D eigenvalue weighted by molar-refractivity contribution is 0.0549. The maximum Gasteiger partial charge on any atom is 0.0575 e. The van der Waals surface area contributed by atoms with E-state index in [2.05, 4.69) is 19.2 Å². The predicted molar refractivity (Wildman–Crippen MR) is 65.2 cm³/mol. The molecule has 0 heterocycles. The first-order chi connectivity index (χ1) is 7.33. The first-order valence-corrected chi connectivity index (χ1v) is 6.68. The summed E-state index contributed by atoms with van der Waals surface area (Å²) < 4.78 is 5.83. The fourth-order valence-electron chi connectivity index (χ4n) is 2.19. The summed E-state index contributed by atoms with van der Waals surface area (Å²) in [5.74, 6) is 0. The number of hydrogen-bond acceptors (Lipinski definition) is 2. The Morgan fingerprint density at radius 2 is 2.07 bits per heavy atom. The number of nitrogens with one attached hydrogen (secondary N) is 1. The van der Waals surface area contributed by atoms with Crippen LogP contribution in [0.2, 0.25) is 0 Å². The van der Waals surface area contributed by atoms with E-state index in [-0.39, 0.29) is 0 Å². The van der Waals surface area contributed by atoms with Gasteiger partial charge in [-0.15, -0.1) is 0 Å². The standard InChI is InChI=1S/C13H27NO/c1-3-10-14-12(2)7-6-11-15-13-8-4-5-9-13/h12-14H,3-11H2,1-2H3. The van der Waals surface area contributed by atoms with Crippen LogP contribution in [-0.2, 0) is 4.74 Å². The minimum absolute atomic E-state index is 0.587. The van der Waals surface area contributed by atoms with Crippen LogP contribution in [0.1, 0.15) is 58.8 Å². The van der Waals surface area contributed by atoms with E-state index in [1.165, 1.54) is 44.9 Å². The van der Waals surface area contributed by atoms with Crippen LogP contribution in [0.15, 0.2) is 0 Å². The third kappa shape index (κ3) is 6.16. The van der Waals surface area contributed by atoms with E-state index in [1.54, 1.807) is 0 Å². The highest BCUT2D eigenvalue weighted by molar-refractivity contribution is 4.67. The lowest BCUT2D eigenvalue weighted by Gasteiger charge is -2.14. The number of rotatable bonds is 8. The van der Waals surface area contributed by atoms with Crippen LogP contribution in [-0.4, -0.2) is 25.3 Å². The molecule has 1 aliphatic rings. The topological polar surface area (TPSA) is 21.3 Å². The Hall–Kier alpha value is -0.0800. The number of ether oxygens (including phenoxy) is 1. The zero-order chi connectivity index (χ0) is 10.9. The Morgan fingerprint density at radius 3 is 2.73 bits per heavy atom. The maximum absolute atomic E-state index is 5.83. The monoisotopic (exact) mass is 213 g/mol. The Kier molecular flexibility index (Phi) is 7.03. The molecule has 0 saturated heterocycles. The smallest absolute Gasteiger partial charge is 0.0575 e. The molecule has 0 aromatic rings. The molecule has 0 aliphatic heterocycles. The van der Waals surface area contributed by atoms with E-state index in [4.69, 9.17) is 4.74 Å². The van der Waals surface area contributed by atoms with Crippen molar-refractivity contribution >= 4 is 0 Å². The van der Waals surface area contributed by atoms with Crippen molar-refractivity contribution in [2.75, 3.05) is 13.2 Å². The Balaban J connectivity index is 1.87. The lowest BCUT2D eigenvalue weighted by Crippen LogP contribution is -2.27. The summed E-state index contributed by atoms with van der Waals surface area (Å²) >= 11 is 0. The molecule has 1 aliphatic carbocycles. The van der Waals surface area contributed by atoms with Gasteiger partial charge in [-0.05, 0) is 45.6 Å². The quantitative estimate of drug-likeness (QED) is 0.626. The lowest BCUT2D eigenvalue weighted by atomic mass is 10.2. The second-order valence-corrected chi connectivity index (χ2v) is 4.77. The van der Waals surface area contributed by atoms with Gasteiger partial charge in [-0.3, -0.25) is 0 Å². The largest absolute Gasteiger partial charge is 0.378 e. The van der Waals surface area contributed by atoms with Crippen LogP contribution in [0.3, 0.4) is 0 Å². The molecule has 1 rings (SSSR count). The van der Waals surface area contributed by atoms with Crippen LogP contribution in [0, 0.1) is 0 Å². The van der Waals surface area contributed by atoms with Crippen LogP contribution in [0.5, 0.6) is 0 Å². The molecule has 2 heteroatoms. The Labute approximate surface area is 94.8 Å². The molecule has 0 spiro atoms. The summed E-state index contributed by atoms with van der Waals surface area (Å²) in [6.45, 7) is 6.58. The molecule has 0 amide bonds. The van der Waals surface area contributed by atoms with Gasteiger partial charge >= 0.3 is 0 Å². The van der Waals surface area contributed by atoms with Gasteiger partial charge in [-0.25, -0.2) is 0 Å². The molecule has 90 valence electrons. The van der Waals surface area contributed by atoms with Crippen molar-refractivity contribution in [3.63, 3.8) is 0 Å². The van der Waals surface area contributed by atoms with Crippen molar-refractivity contribution in [1.29, 1.82) is 0 Å². The molecule has 1 fully saturated rings. The van der Waals surface area contributed by atoms with Crippen molar-refractivity contribution in [1.82, 2.24) is 5.32 Å². The zero-order valence-electron chi connectivity index (χ0n) is 10.4. The molecule has 1 saturated carbocycles. The summed E-state index contributed by atoms with van der Waals surface area (Å²) in [4.78, 5) is 0. The zero-order valence-corrected chi connectivity index (χ0v) is 10.4. The summed E-state index contributed by atoms with van der Waals surface area (Å²) in [6, 6.07) is 0.650. The Bertz CT molecular complexity index is 143. The van der Waals surface area contributed by atoms with E-state index in [1.807, 2.05) is 0 Å². The first-order valence-electron chi connectivity index (χ1n) is 6.68. The molecular weight excluding hydrogens is 186 g/mol. The van der Waals surface area contributed by atoms with Gasteiger partial charge in [0, 0.05) is 12.6 Å². The normalized spacial score (nSPS) is 19.6. The molecule has 15 heavy (non-hydrogen) atoms. The van der Waals surface area contributed by atoms with E-state index in [9.17, 15) is 0 Å². The highest BCUT2D eigenvalue weighted by Gasteiger charge is 2.14. The average Bonchev–Trinajstić information content (AvgIpc) is 2.74. The summed E-state index contributed by atoms with van der Waals surface area (Å²) in [6.07, 6.45) is 9.60. The first kappa shape index (κ1) is 13.0. The Morgan fingerprint density at radius 1 is 1.33 bits per heavy atom. The van der Waals surface area contributed by atoms with Crippen LogP contribution in [0.25, 0.3) is 0 Å². The molecular formula is C13H27NO. The maximum atomic E-state index is 5.83. The molecule has 1 unspecified atom stereocenters. The molecule has 2 nitrogen and oxygen atoms in total. The van der Waals surface area contributed by atoms with Crippen LogP contribution < -0.4 is 5.32 Å². The van der Waals surface area contributed by atoms with Gasteiger partial charge in [-0.1, -0.05) is 19.8 Å². The summed E-state index contributed by atoms with van der Waals surface area (Å²) in [5, 5.41) is 3.51. The fraction of sp³-hybridized carbons (Fsp3) is 1.00. The van der Waals surface area contributed by atoms with Crippen LogP contribution in [0.4, 0.5) is 0 Å². The molecule has 1 atom stereocenters. The highest BCUT2D eigenvalue weighted by Crippen LogP contribution is 2.21. The van der Waals surface area contributed by atoms with E-state index in [0.717, 1.165) is 13.2 Å². The van der Waals surface area contributed by atoms with E-state index in [0.29, 0.717) is 12.1 Å². The van der Waals surface area contributed by atoms with E-state index >= 15 is 0 Å². The third-order valence-electron chi connectivity index (χ3n) is 3.18. The van der Waals surface area contributed by atoms with Gasteiger partial charge in [0.25, 0.3) is 0 Å². The predicted octanol–water partition coefficient (Wildman–Crippen LogP) is 3.11. The van der Waals surface area contributed by atoms with Gasteiger partial charge in [0.2, 0.25) is 0 Å². The van der Waals surface area contributed by atoms with Crippen molar-refractivity contribution < 1.29 is 4.74 Å². The van der Waals surface area contributed by atoms with Gasteiger partial charge in [-0.2, -0.15) is 0 Å². The minimum atomic E-state index is 0.587. The molecule has 0 bridgehead atoms. The summed E-state index contributed by atoms with van der Waals surface area (Å²) in [7, 11) is 0. The molecule has 1 N–H and O–H groups in total. The van der Waals surface area contributed by atoms with Gasteiger partial charge < -0.3 is 10.1 Å². The second kappa shape index (κ2) is 8.12. The SMILES string of the molecule is CCCNC(C)CCCOC1CCCC1.